The predicted molar refractivity (Wildman–Crippen MR) is 72.3 cm³/mol. The summed E-state index contributed by atoms with van der Waals surface area (Å²) in [5.41, 5.74) is 8.31. The third kappa shape index (κ3) is 1.72. The molecule has 0 radical (unpaired) electrons. The van der Waals surface area contributed by atoms with Crippen molar-refractivity contribution in [1.82, 2.24) is 0 Å². The first-order chi connectivity index (χ1) is 8.77. The van der Waals surface area contributed by atoms with E-state index in [1.165, 1.54) is 5.70 Å². The number of carbonyl (C=O) groups excluding carboxylic acids is 1. The first-order valence-corrected chi connectivity index (χ1v) is 6.30. The number of allylic oxidation sites excluding steroid dienone is 4. The number of hydrogen-bond donors (Lipinski definition) is 1. The fourth-order valence-corrected chi connectivity index (χ4v) is 2.83. The van der Waals surface area contributed by atoms with Gasteiger partial charge in [0, 0.05) is 18.2 Å². The van der Waals surface area contributed by atoms with Crippen LogP contribution in [0.5, 0.6) is 0 Å². The van der Waals surface area contributed by atoms with Crippen LogP contribution in [-0.4, -0.2) is 12.5 Å². The van der Waals surface area contributed by atoms with Gasteiger partial charge in [-0.3, -0.25) is 4.79 Å². The van der Waals surface area contributed by atoms with Gasteiger partial charge in [0.15, 0.2) is 0 Å². The molecule has 1 unspecified atom stereocenters. The molecule has 1 saturated heterocycles. The maximum atomic E-state index is 11.5. The molecule has 1 aromatic carbocycles. The number of anilines is 1. The van der Waals surface area contributed by atoms with E-state index in [1.54, 1.807) is 6.07 Å². The topological polar surface area (TPSA) is 46.3 Å². The summed E-state index contributed by atoms with van der Waals surface area (Å²) in [5.74, 6) is 0.233. The summed E-state index contributed by atoms with van der Waals surface area (Å²) >= 11 is 0. The van der Waals surface area contributed by atoms with Gasteiger partial charge in [0.05, 0.1) is 11.3 Å². The van der Waals surface area contributed by atoms with Gasteiger partial charge in [-0.05, 0) is 31.1 Å². The van der Waals surface area contributed by atoms with E-state index in [0.717, 1.165) is 25.1 Å². The number of fused-ring (bicyclic) bond motifs is 1. The van der Waals surface area contributed by atoms with Crippen LogP contribution in [0, 0.1) is 5.92 Å². The van der Waals surface area contributed by atoms with Crippen molar-refractivity contribution in [3.05, 3.63) is 53.8 Å². The van der Waals surface area contributed by atoms with Gasteiger partial charge in [0.1, 0.15) is 0 Å². The Kier molecular flexibility index (Phi) is 2.67. The molecule has 3 nitrogen and oxygen atoms in total. The minimum Gasteiger partial charge on any atom is -0.366 e. The molecule has 3 rings (SSSR count). The molecule has 1 amide bonds. The molecule has 1 aliphatic carbocycles. The molecule has 0 spiro atoms. The van der Waals surface area contributed by atoms with Gasteiger partial charge < -0.3 is 10.6 Å². The Morgan fingerprint density at radius 2 is 2.17 bits per heavy atom. The second-order valence-corrected chi connectivity index (χ2v) is 4.77. The molecule has 0 saturated carbocycles. The lowest BCUT2D eigenvalue weighted by Gasteiger charge is -2.25. The van der Waals surface area contributed by atoms with Gasteiger partial charge in [-0.15, -0.1) is 0 Å². The van der Waals surface area contributed by atoms with Crippen molar-refractivity contribution < 1.29 is 4.79 Å². The summed E-state index contributed by atoms with van der Waals surface area (Å²) < 4.78 is 0. The van der Waals surface area contributed by atoms with Crippen LogP contribution in [0.1, 0.15) is 23.2 Å². The lowest BCUT2D eigenvalue weighted by molar-refractivity contribution is 0.100. The number of amides is 1. The highest BCUT2D eigenvalue weighted by Crippen LogP contribution is 2.38. The number of nitrogens with two attached hydrogens (primary N) is 1. The van der Waals surface area contributed by atoms with Crippen LogP contribution >= 0.6 is 0 Å². The summed E-state index contributed by atoms with van der Waals surface area (Å²) in [7, 11) is 0. The van der Waals surface area contributed by atoms with Crippen molar-refractivity contribution >= 4 is 11.6 Å². The Morgan fingerprint density at radius 1 is 1.33 bits per heavy atom. The van der Waals surface area contributed by atoms with Gasteiger partial charge in [0.2, 0.25) is 0 Å². The highest BCUT2D eigenvalue weighted by atomic mass is 16.1. The highest BCUT2D eigenvalue weighted by molar-refractivity contribution is 5.99. The smallest absolute Gasteiger partial charge is 0.250 e. The van der Waals surface area contributed by atoms with Crippen LogP contribution in [0.25, 0.3) is 0 Å². The third-order valence-electron chi connectivity index (χ3n) is 3.72. The molecule has 0 bridgehead atoms. The van der Waals surface area contributed by atoms with Crippen LogP contribution in [0.2, 0.25) is 0 Å². The fraction of sp³-hybridized carbons (Fsp3) is 0.267. The van der Waals surface area contributed by atoms with Crippen LogP contribution in [0.4, 0.5) is 5.69 Å². The van der Waals surface area contributed by atoms with Crippen LogP contribution < -0.4 is 10.6 Å². The zero-order chi connectivity index (χ0) is 12.5. The first kappa shape index (κ1) is 11.1. The molecular weight excluding hydrogens is 224 g/mol. The summed E-state index contributed by atoms with van der Waals surface area (Å²) in [6.45, 7) is 0.961. The molecule has 0 aromatic heterocycles. The van der Waals surface area contributed by atoms with Gasteiger partial charge >= 0.3 is 0 Å². The first-order valence-electron chi connectivity index (χ1n) is 6.30. The van der Waals surface area contributed by atoms with Crippen molar-refractivity contribution in [2.45, 2.75) is 12.8 Å². The van der Waals surface area contributed by atoms with Crippen LogP contribution in [0.15, 0.2) is 48.2 Å². The fourth-order valence-electron chi connectivity index (χ4n) is 2.83. The molecule has 2 aliphatic rings. The molecule has 1 heterocycles. The number of carbonyl (C=O) groups is 1. The quantitative estimate of drug-likeness (QED) is 0.863. The predicted octanol–water partition coefficient (Wildman–Crippen LogP) is 2.46. The molecule has 1 aliphatic heterocycles. The lowest BCUT2D eigenvalue weighted by atomic mass is 9.97. The Hall–Kier alpha value is -2.03. The summed E-state index contributed by atoms with van der Waals surface area (Å²) in [5, 5.41) is 0. The maximum Gasteiger partial charge on any atom is 0.250 e. The second kappa shape index (κ2) is 4.33. The van der Waals surface area contributed by atoms with Gasteiger partial charge in [0.25, 0.3) is 5.91 Å². The van der Waals surface area contributed by atoms with E-state index in [1.807, 2.05) is 18.2 Å². The van der Waals surface area contributed by atoms with E-state index < -0.39 is 0 Å². The average molecular weight is 240 g/mol. The summed E-state index contributed by atoms with van der Waals surface area (Å²) in [4.78, 5) is 13.7. The lowest BCUT2D eigenvalue weighted by Crippen LogP contribution is -2.23. The minimum absolute atomic E-state index is 0.360. The normalized spacial score (nSPS) is 21.7. The van der Waals surface area contributed by atoms with Gasteiger partial charge in [-0.1, -0.05) is 24.3 Å². The zero-order valence-corrected chi connectivity index (χ0v) is 10.2. The zero-order valence-electron chi connectivity index (χ0n) is 10.2. The standard InChI is InChI=1S/C15H16N2O/c16-15(18)12-6-2-4-8-14(12)17-10-9-11-5-1-3-7-13(11)17/h1-4,6-8,11H,5,9-10H2,(H2,16,18). The van der Waals surface area contributed by atoms with Crippen molar-refractivity contribution in [2.75, 3.05) is 11.4 Å². The van der Waals surface area contributed by atoms with E-state index in [4.69, 9.17) is 5.73 Å². The molecule has 1 atom stereocenters. The SMILES string of the molecule is NC(=O)c1ccccc1N1CCC2CC=CC=C21. The second-order valence-electron chi connectivity index (χ2n) is 4.77. The number of para-hydroxylation sites is 1. The maximum absolute atomic E-state index is 11.5. The molecule has 18 heavy (non-hydrogen) atoms. The van der Waals surface area contributed by atoms with E-state index in [0.29, 0.717) is 11.5 Å². The van der Waals surface area contributed by atoms with Crippen LogP contribution in [0.3, 0.4) is 0 Å². The van der Waals surface area contributed by atoms with Crippen molar-refractivity contribution in [2.24, 2.45) is 11.7 Å². The highest BCUT2D eigenvalue weighted by Gasteiger charge is 2.30. The Balaban J connectivity index is 2.03. The Morgan fingerprint density at radius 3 is 3.00 bits per heavy atom. The van der Waals surface area contributed by atoms with E-state index >= 15 is 0 Å². The number of rotatable bonds is 2. The molecule has 1 aromatic rings. The molecule has 1 fully saturated rings. The number of primary amides is 1. The number of benzene rings is 1. The Bertz CT molecular complexity index is 545. The minimum atomic E-state index is -0.360. The number of nitrogens with zero attached hydrogens (tertiary/aromatic N) is 1. The molecule has 2 N–H and O–H groups in total. The largest absolute Gasteiger partial charge is 0.366 e. The average Bonchev–Trinajstić information content (AvgIpc) is 2.82. The van der Waals surface area contributed by atoms with E-state index in [9.17, 15) is 4.79 Å². The van der Waals surface area contributed by atoms with Crippen molar-refractivity contribution in [1.29, 1.82) is 0 Å². The monoisotopic (exact) mass is 240 g/mol. The van der Waals surface area contributed by atoms with Crippen LogP contribution in [-0.2, 0) is 0 Å². The van der Waals surface area contributed by atoms with E-state index in [-0.39, 0.29) is 5.91 Å². The van der Waals surface area contributed by atoms with E-state index in [2.05, 4.69) is 23.1 Å². The third-order valence-corrected chi connectivity index (χ3v) is 3.72. The molecular formula is C15H16N2O. The van der Waals surface area contributed by atoms with Crippen molar-refractivity contribution in [3.8, 4) is 0 Å². The molecule has 92 valence electrons. The Labute approximate surface area is 107 Å². The summed E-state index contributed by atoms with van der Waals surface area (Å²) in [6.07, 6.45) is 8.69. The molecule has 3 heteroatoms. The van der Waals surface area contributed by atoms with Gasteiger partial charge in [-0.2, -0.15) is 0 Å². The van der Waals surface area contributed by atoms with Crippen molar-refractivity contribution in [3.63, 3.8) is 0 Å². The van der Waals surface area contributed by atoms with Gasteiger partial charge in [-0.25, -0.2) is 0 Å². The number of hydrogen-bond acceptors (Lipinski definition) is 2. The summed E-state index contributed by atoms with van der Waals surface area (Å²) in [6, 6.07) is 7.58.